The SMILES string of the molecule is CC(C)c1ccccc1-c1ccc(N(c2ccc(-c3cccc4ccccc34)cc2C(C)(C)C)c2cccc(-c3cccc4c3-c3ccccc3C43CCCC3)c2-c2ccccc2)cc1. The average Bonchev–Trinajstić information content (AvgIpc) is 3.95. The highest BCUT2D eigenvalue weighted by Gasteiger charge is 2.45. The molecule has 0 N–H and O–H groups in total. The molecule has 0 saturated heterocycles. The van der Waals surface area contributed by atoms with E-state index in [1.54, 1.807) is 0 Å². The molecule has 0 unspecified atom stereocenters. The zero-order valence-corrected chi connectivity index (χ0v) is 38.4. The van der Waals surface area contributed by atoms with Gasteiger partial charge in [0.2, 0.25) is 0 Å². The lowest BCUT2D eigenvalue weighted by Gasteiger charge is -2.34. The molecule has 1 heteroatoms. The van der Waals surface area contributed by atoms with Crippen LogP contribution in [0.4, 0.5) is 17.1 Å². The molecule has 65 heavy (non-hydrogen) atoms. The summed E-state index contributed by atoms with van der Waals surface area (Å²) in [7, 11) is 0. The van der Waals surface area contributed by atoms with Crippen LogP contribution in [-0.4, -0.2) is 0 Å². The quantitative estimate of drug-likeness (QED) is 0.147. The molecule has 0 radical (unpaired) electrons. The summed E-state index contributed by atoms with van der Waals surface area (Å²) in [5.41, 5.74) is 21.9. The lowest BCUT2D eigenvalue weighted by molar-refractivity contribution is 0.550. The largest absolute Gasteiger partial charge is 0.310 e. The maximum atomic E-state index is 2.56. The fourth-order valence-electron chi connectivity index (χ4n) is 11.5. The second kappa shape index (κ2) is 16.2. The topological polar surface area (TPSA) is 3.24 Å². The monoisotopic (exact) mass is 839 g/mol. The van der Waals surface area contributed by atoms with E-state index in [4.69, 9.17) is 0 Å². The summed E-state index contributed by atoms with van der Waals surface area (Å²) in [6.45, 7) is 11.7. The number of hydrogen-bond donors (Lipinski definition) is 0. The molecule has 2 aliphatic rings. The Labute approximate surface area is 386 Å². The first-order valence-corrected chi connectivity index (χ1v) is 23.8. The standard InChI is InChI=1S/C64H57N/c1-43(2)49-24-11-12-25-50(49)45-34-37-48(38-35-45)65(59-39-36-47(42-58(59)63(3,4)5)52-28-17-23-44-20-9-10-26-51(44)52)60-33-19-30-53(61(60)46-21-7-6-8-22-46)54-29-18-32-57-62(54)55-27-13-14-31-56(55)64(57)40-15-16-41-64/h6-14,17-39,42-43H,15-16,40-41H2,1-5H3. The van der Waals surface area contributed by atoms with E-state index in [0.29, 0.717) is 5.92 Å². The number of benzene rings is 9. The van der Waals surface area contributed by atoms with E-state index in [1.807, 2.05) is 0 Å². The normalized spacial score (nSPS) is 13.9. The number of nitrogens with zero attached hydrogens (tertiary/aromatic N) is 1. The zero-order chi connectivity index (χ0) is 44.3. The molecule has 2 aliphatic carbocycles. The summed E-state index contributed by atoms with van der Waals surface area (Å²) in [6, 6.07) is 75.5. The minimum atomic E-state index is -0.186. The van der Waals surface area contributed by atoms with Crippen molar-refractivity contribution in [1.82, 2.24) is 0 Å². The van der Waals surface area contributed by atoms with Crippen LogP contribution < -0.4 is 4.90 Å². The molecule has 9 aromatic rings. The van der Waals surface area contributed by atoms with Crippen molar-refractivity contribution >= 4 is 27.8 Å². The van der Waals surface area contributed by atoms with E-state index in [2.05, 4.69) is 240 Å². The van der Waals surface area contributed by atoms with Gasteiger partial charge < -0.3 is 4.90 Å². The number of hydrogen-bond acceptors (Lipinski definition) is 1. The van der Waals surface area contributed by atoms with Crippen LogP contribution in [0.1, 0.15) is 88.5 Å². The zero-order valence-electron chi connectivity index (χ0n) is 38.4. The highest BCUT2D eigenvalue weighted by molar-refractivity contribution is 6.03. The van der Waals surface area contributed by atoms with Gasteiger partial charge in [-0.25, -0.2) is 0 Å². The van der Waals surface area contributed by atoms with E-state index in [1.165, 1.54) is 120 Å². The molecule has 1 spiro atoms. The molecule has 0 atom stereocenters. The van der Waals surface area contributed by atoms with Crippen LogP contribution in [0.15, 0.2) is 200 Å². The van der Waals surface area contributed by atoms with Crippen molar-refractivity contribution in [1.29, 1.82) is 0 Å². The van der Waals surface area contributed by atoms with Crippen molar-refractivity contribution in [2.45, 2.75) is 77.0 Å². The summed E-state index contributed by atoms with van der Waals surface area (Å²) in [5, 5.41) is 2.53. The Kier molecular flexibility index (Phi) is 10.2. The Morgan fingerprint density at radius 3 is 1.80 bits per heavy atom. The molecular weight excluding hydrogens is 783 g/mol. The molecule has 1 fully saturated rings. The smallest absolute Gasteiger partial charge is 0.0546 e. The molecule has 318 valence electrons. The first-order valence-electron chi connectivity index (χ1n) is 23.8. The van der Waals surface area contributed by atoms with Crippen LogP contribution in [0.3, 0.4) is 0 Å². The van der Waals surface area contributed by atoms with E-state index in [9.17, 15) is 0 Å². The Morgan fingerprint density at radius 2 is 1.03 bits per heavy atom. The number of rotatable bonds is 8. The minimum absolute atomic E-state index is 0.0852. The van der Waals surface area contributed by atoms with E-state index in [0.717, 1.165) is 11.4 Å². The van der Waals surface area contributed by atoms with Gasteiger partial charge >= 0.3 is 0 Å². The van der Waals surface area contributed by atoms with Gasteiger partial charge in [-0.3, -0.25) is 0 Å². The van der Waals surface area contributed by atoms with Crippen molar-refractivity contribution < 1.29 is 0 Å². The molecule has 0 bridgehead atoms. The third-order valence-corrected chi connectivity index (χ3v) is 14.6. The van der Waals surface area contributed by atoms with Crippen molar-refractivity contribution in [3.05, 3.63) is 222 Å². The molecule has 1 saturated carbocycles. The third-order valence-electron chi connectivity index (χ3n) is 14.6. The van der Waals surface area contributed by atoms with Gasteiger partial charge in [-0.1, -0.05) is 217 Å². The summed E-state index contributed by atoms with van der Waals surface area (Å²) in [6.07, 6.45) is 4.97. The average molecular weight is 840 g/mol. The molecule has 0 aliphatic heterocycles. The lowest BCUT2D eigenvalue weighted by Crippen LogP contribution is -2.20. The summed E-state index contributed by atoms with van der Waals surface area (Å²) < 4.78 is 0. The van der Waals surface area contributed by atoms with Gasteiger partial charge in [-0.05, 0) is 138 Å². The highest BCUT2D eigenvalue weighted by Crippen LogP contribution is 2.60. The highest BCUT2D eigenvalue weighted by atomic mass is 15.1. The molecular formula is C64H57N. The van der Waals surface area contributed by atoms with Crippen molar-refractivity contribution in [3.63, 3.8) is 0 Å². The summed E-state index contributed by atoms with van der Waals surface area (Å²) in [5.74, 6) is 0.420. The summed E-state index contributed by atoms with van der Waals surface area (Å²) in [4.78, 5) is 2.56. The van der Waals surface area contributed by atoms with Crippen LogP contribution in [0.5, 0.6) is 0 Å². The van der Waals surface area contributed by atoms with Gasteiger partial charge in [-0.2, -0.15) is 0 Å². The molecule has 0 amide bonds. The third kappa shape index (κ3) is 6.92. The number of anilines is 3. The van der Waals surface area contributed by atoms with Gasteiger partial charge in [0, 0.05) is 22.4 Å². The van der Waals surface area contributed by atoms with Crippen LogP contribution in [0.25, 0.3) is 66.4 Å². The molecule has 0 heterocycles. The van der Waals surface area contributed by atoms with E-state index >= 15 is 0 Å². The van der Waals surface area contributed by atoms with Gasteiger partial charge in [-0.15, -0.1) is 0 Å². The predicted octanol–water partition coefficient (Wildman–Crippen LogP) is 18.2. The first-order chi connectivity index (χ1) is 31.7. The second-order valence-corrected chi connectivity index (χ2v) is 19.8. The van der Waals surface area contributed by atoms with Gasteiger partial charge in [0.15, 0.2) is 0 Å². The van der Waals surface area contributed by atoms with Gasteiger partial charge in [0.1, 0.15) is 0 Å². The lowest BCUT2D eigenvalue weighted by atomic mass is 9.76. The van der Waals surface area contributed by atoms with Crippen LogP contribution in [0, 0.1) is 0 Å². The summed E-state index contributed by atoms with van der Waals surface area (Å²) >= 11 is 0. The van der Waals surface area contributed by atoms with Crippen molar-refractivity contribution in [2.24, 2.45) is 0 Å². The fraction of sp³-hybridized carbons (Fsp3) is 0.188. The van der Waals surface area contributed by atoms with Crippen LogP contribution in [-0.2, 0) is 10.8 Å². The fourth-order valence-corrected chi connectivity index (χ4v) is 11.5. The Hall–Kier alpha value is -6.96. The Bertz CT molecular complexity index is 3210. The Morgan fingerprint density at radius 1 is 0.446 bits per heavy atom. The number of fused-ring (bicyclic) bond motifs is 6. The first kappa shape index (κ1) is 40.8. The van der Waals surface area contributed by atoms with Crippen molar-refractivity contribution in [2.75, 3.05) is 4.90 Å². The molecule has 1 nitrogen and oxygen atoms in total. The Balaban J connectivity index is 1.18. The molecule has 11 rings (SSSR count). The maximum absolute atomic E-state index is 2.56. The molecule has 0 aromatic heterocycles. The van der Waals surface area contributed by atoms with E-state index in [-0.39, 0.29) is 10.8 Å². The minimum Gasteiger partial charge on any atom is -0.310 e. The van der Waals surface area contributed by atoms with Gasteiger partial charge in [0.25, 0.3) is 0 Å². The van der Waals surface area contributed by atoms with Gasteiger partial charge in [0.05, 0.1) is 5.69 Å². The van der Waals surface area contributed by atoms with Crippen molar-refractivity contribution in [3.8, 4) is 55.6 Å². The predicted molar refractivity (Wildman–Crippen MR) is 278 cm³/mol. The second-order valence-electron chi connectivity index (χ2n) is 19.8. The molecule has 9 aromatic carbocycles. The van der Waals surface area contributed by atoms with Crippen LogP contribution in [0.2, 0.25) is 0 Å². The van der Waals surface area contributed by atoms with Crippen LogP contribution >= 0.6 is 0 Å². The maximum Gasteiger partial charge on any atom is 0.0546 e. The van der Waals surface area contributed by atoms with E-state index < -0.39 is 0 Å².